The van der Waals surface area contributed by atoms with E-state index in [1.807, 2.05) is 0 Å². The SMILES string of the molecule is CC(=O)N[C@@H]1[C@@H](O)[C@H](O[C@@H]2O[C@H](CO)[C@@H](O[C@@H]3O[C@H](CO[C@H]4O[C@H](CO)[C@@H](O)[C@H](O)[C@@H]4O[C@@H]4O[C@H](CO)[C@@H](O[C@@H]5O[C@H](CO[C@@H]6O[C@H](CO)[C@@H](O)[C@H](O)[C@H]6NC(C)=O)[C@H](O)[C@H](O[C@@H]6O[C@H](CO)[C@@H](O)[C@H](O)[C@H]6NC(C)=O)[C@H]5O)[C@H](O)[C@H]4NC(C)=O)[C@@H](O)[C@H](O[C@H]4O[C@H](CO)[C@@H](O)[C@H](O)[C@@H]4O[C@@H]4O[C@H](CO)[C@@H](O)[C@H](O)[C@H]4NC(C)=O)[C@@H]3O)[C@H](O)[C@H]2NC(C)=O)[C@@H](CO)O[C@H]1O. The zero-order chi connectivity index (χ0) is 95.1. The number of aliphatic hydroxyl groups is 26. The maximum atomic E-state index is 13.3. The highest BCUT2D eigenvalue weighted by molar-refractivity contribution is 5.75. The van der Waals surface area contributed by atoms with Crippen LogP contribution >= 0.6 is 0 Å². The molecule has 32 N–H and O–H groups in total. The van der Waals surface area contributed by atoms with Gasteiger partial charge < -0.3 is 255 Å². The predicted octanol–water partition coefficient (Wildman–Crippen LogP) is -21.9. The fraction of sp³-hybridized carbons (Fsp3) is 0.917. The van der Waals surface area contributed by atoms with Crippen molar-refractivity contribution < 1.29 is 252 Å². The topological polar surface area (TPSA) is 876 Å². The van der Waals surface area contributed by atoms with Crippen molar-refractivity contribution in [3.05, 3.63) is 0 Å². The second-order valence-corrected chi connectivity index (χ2v) is 32.5. The minimum atomic E-state index is -2.58. The molecule has 10 aliphatic rings. The van der Waals surface area contributed by atoms with Crippen LogP contribution in [0.1, 0.15) is 41.5 Å². The molecule has 0 aromatic carbocycles. The Balaban J connectivity index is 0.969. The molecular formula is C72H120N6O51. The number of carbonyl (C=O) groups is 6. The van der Waals surface area contributed by atoms with Gasteiger partial charge in [0.2, 0.25) is 35.4 Å². The minimum absolute atomic E-state index is 0.798. The molecule has 10 saturated heterocycles. The number of hydrogen-bond acceptors (Lipinski definition) is 51. The fourth-order valence-corrected chi connectivity index (χ4v) is 16.6. The van der Waals surface area contributed by atoms with Gasteiger partial charge in [-0.1, -0.05) is 0 Å². The number of carbonyl (C=O) groups excluding carboxylic acids is 6. The summed E-state index contributed by atoms with van der Waals surface area (Å²) in [4.78, 5) is 76.1. The molecule has 57 heteroatoms. The standard InChI is InChI=1S/C72H120N6O51/c1-17(87)73-33-49(103)56(28(12-84)113-63(33)110)123-67-37(77-21(5)91)50(104)57(29(13-85)119-67)125-70-55(109)60(127-72-62(53(107)43(97)27(11-83)118-72)129-66-36(76-20(4)90)48(102)41(95)25(9-81)116-66)45(99)32(122-70)16-112-71-61(52(106)42(96)26(10-82)117-71)128-68-38(78-22(6)92)51(105)58(30(14-86)120-68)124-69-54(108)59(126-65-35(75-19(3)89)47(101)40(94)24(8-80)115-65)44(98)31(121-69)15-111-64-34(74-18(2)88)46(100)39(93)23(7-79)114-64/h23-72,79-86,93-110H,7-16H2,1-6H3,(H,73,87)(H,74,88)(H,75,89)(H,76,90)(H,77,91)(H,78,92)/t23-,24-,25-,26-,27-,28-,29-,30-,31-,32-,33-,34-,35-,36-,37-,38-,39-,40-,41-,42-,43-,44+,45-,46-,47-,48-,49-,50-,51-,52+,53+,54-,55+,56-,57-,58-,59+,60+,61+,62+,63-,64-,65+,66+,67+,68+,69+,70+,71+,72-/m1/s1. The third kappa shape index (κ3) is 24.2. The minimum Gasteiger partial charge on any atom is -0.394 e. The summed E-state index contributed by atoms with van der Waals surface area (Å²) in [5.74, 6) is -5.35. The predicted molar refractivity (Wildman–Crippen MR) is 399 cm³/mol. The Bertz CT molecular complexity index is 3570. The van der Waals surface area contributed by atoms with Crippen LogP contribution in [0, 0.1) is 0 Å². The van der Waals surface area contributed by atoms with Crippen molar-refractivity contribution in [2.24, 2.45) is 0 Å². The van der Waals surface area contributed by atoms with Crippen molar-refractivity contribution in [3.8, 4) is 0 Å². The molecule has 50 atom stereocenters. The van der Waals surface area contributed by atoms with Gasteiger partial charge >= 0.3 is 0 Å². The first-order valence-corrected chi connectivity index (χ1v) is 41.1. The van der Waals surface area contributed by atoms with E-state index in [0.29, 0.717) is 0 Å². The summed E-state index contributed by atoms with van der Waals surface area (Å²) >= 11 is 0. The lowest BCUT2D eigenvalue weighted by molar-refractivity contribution is -0.397. The number of amides is 6. The Morgan fingerprint density at radius 1 is 0.202 bits per heavy atom. The van der Waals surface area contributed by atoms with Crippen molar-refractivity contribution in [2.45, 2.75) is 348 Å². The van der Waals surface area contributed by atoms with Crippen LogP contribution in [0.3, 0.4) is 0 Å². The first kappa shape index (κ1) is 106. The lowest BCUT2D eigenvalue weighted by Crippen LogP contribution is -2.71. The van der Waals surface area contributed by atoms with Gasteiger partial charge in [0.15, 0.2) is 62.9 Å². The summed E-state index contributed by atoms with van der Waals surface area (Å²) in [7, 11) is 0. The summed E-state index contributed by atoms with van der Waals surface area (Å²) < 4.78 is 114. The van der Waals surface area contributed by atoms with Gasteiger partial charge in [0.1, 0.15) is 244 Å². The van der Waals surface area contributed by atoms with E-state index in [9.17, 15) is 162 Å². The van der Waals surface area contributed by atoms with Crippen LogP contribution in [0.5, 0.6) is 0 Å². The van der Waals surface area contributed by atoms with Crippen molar-refractivity contribution in [1.29, 1.82) is 0 Å². The summed E-state index contributed by atoms with van der Waals surface area (Å²) in [6, 6.07) is -10.9. The maximum absolute atomic E-state index is 13.3. The van der Waals surface area contributed by atoms with Gasteiger partial charge in [-0.3, -0.25) is 28.8 Å². The molecule has 0 radical (unpaired) electrons. The lowest BCUT2D eigenvalue weighted by Gasteiger charge is -2.51. The molecule has 0 spiro atoms. The fourth-order valence-electron chi connectivity index (χ4n) is 16.6. The Labute approximate surface area is 731 Å². The second-order valence-electron chi connectivity index (χ2n) is 32.5. The number of hydrogen-bond donors (Lipinski definition) is 32. The largest absolute Gasteiger partial charge is 0.394 e. The Morgan fingerprint density at radius 2 is 0.419 bits per heavy atom. The van der Waals surface area contributed by atoms with Crippen LogP contribution in [0.4, 0.5) is 0 Å². The summed E-state index contributed by atoms with van der Waals surface area (Å²) in [5, 5.41) is 308. The van der Waals surface area contributed by atoms with Crippen molar-refractivity contribution in [3.63, 3.8) is 0 Å². The lowest BCUT2D eigenvalue weighted by atomic mass is 9.93. The summed E-state index contributed by atoms with van der Waals surface area (Å²) in [5.41, 5.74) is 0. The number of nitrogens with one attached hydrogen (secondary N) is 6. The number of aliphatic hydroxyl groups excluding tert-OH is 26. The molecule has 57 nitrogen and oxygen atoms in total. The molecule has 10 rings (SSSR count). The highest BCUT2D eigenvalue weighted by atomic mass is 16.8. The quantitative estimate of drug-likeness (QED) is 0.0284. The van der Waals surface area contributed by atoms with Gasteiger partial charge in [0, 0.05) is 41.5 Å². The highest BCUT2D eigenvalue weighted by Crippen LogP contribution is 2.41. The molecular weight excluding hydrogens is 1760 g/mol. The van der Waals surface area contributed by atoms with E-state index in [-0.39, 0.29) is 0 Å². The Morgan fingerprint density at radius 3 is 0.752 bits per heavy atom. The molecule has 0 aliphatic carbocycles. The van der Waals surface area contributed by atoms with Crippen LogP contribution in [-0.4, -0.2) is 541 Å². The van der Waals surface area contributed by atoms with Gasteiger partial charge in [0.05, 0.1) is 66.1 Å². The highest BCUT2D eigenvalue weighted by Gasteiger charge is 2.62. The number of ether oxygens (including phenoxy) is 19. The monoisotopic (exact) mass is 1880 g/mol. The molecule has 0 aromatic heterocycles. The van der Waals surface area contributed by atoms with E-state index in [2.05, 4.69) is 31.9 Å². The molecule has 129 heavy (non-hydrogen) atoms. The smallest absolute Gasteiger partial charge is 0.217 e. The molecule has 10 aliphatic heterocycles. The normalized spacial score (nSPS) is 47.5. The molecule has 0 unspecified atom stereocenters. The Kier molecular flexibility index (Phi) is 38.4. The third-order valence-corrected chi connectivity index (χ3v) is 23.3. The molecule has 6 amide bonds. The molecule has 0 aromatic rings. The zero-order valence-corrected chi connectivity index (χ0v) is 69.8. The average Bonchev–Trinajstić information content (AvgIpc) is 0.776. The van der Waals surface area contributed by atoms with Crippen LogP contribution in [0.2, 0.25) is 0 Å². The summed E-state index contributed by atoms with van der Waals surface area (Å²) in [6.07, 6.45) is -93.0. The molecule has 744 valence electrons. The van der Waals surface area contributed by atoms with Crippen LogP contribution in [0.25, 0.3) is 0 Å². The first-order valence-electron chi connectivity index (χ1n) is 41.1. The molecule has 10 fully saturated rings. The van der Waals surface area contributed by atoms with Crippen molar-refractivity contribution in [2.75, 3.05) is 66.1 Å². The van der Waals surface area contributed by atoms with Crippen molar-refractivity contribution >= 4 is 35.4 Å². The van der Waals surface area contributed by atoms with E-state index < -0.39 is 408 Å². The Hall–Kier alpha value is -4.98. The maximum Gasteiger partial charge on any atom is 0.217 e. The third-order valence-electron chi connectivity index (χ3n) is 23.3. The number of rotatable bonds is 34. The molecule has 10 heterocycles. The van der Waals surface area contributed by atoms with Gasteiger partial charge in [-0.25, -0.2) is 0 Å². The van der Waals surface area contributed by atoms with Gasteiger partial charge in [-0.15, -0.1) is 0 Å². The van der Waals surface area contributed by atoms with Crippen molar-refractivity contribution in [1.82, 2.24) is 31.9 Å². The van der Waals surface area contributed by atoms with E-state index in [1.165, 1.54) is 0 Å². The van der Waals surface area contributed by atoms with Crippen LogP contribution in [-0.2, 0) is 119 Å². The average molecular weight is 1890 g/mol. The molecule has 0 saturated carbocycles. The second kappa shape index (κ2) is 46.7. The van der Waals surface area contributed by atoms with E-state index in [0.717, 1.165) is 41.5 Å². The van der Waals surface area contributed by atoms with Gasteiger partial charge in [-0.05, 0) is 0 Å². The van der Waals surface area contributed by atoms with E-state index in [1.54, 1.807) is 0 Å². The van der Waals surface area contributed by atoms with Crippen LogP contribution in [0.15, 0.2) is 0 Å². The van der Waals surface area contributed by atoms with Crippen LogP contribution < -0.4 is 31.9 Å². The first-order chi connectivity index (χ1) is 61.0. The van der Waals surface area contributed by atoms with Gasteiger partial charge in [0.25, 0.3) is 0 Å². The molecule has 0 bridgehead atoms. The van der Waals surface area contributed by atoms with E-state index >= 15 is 0 Å². The summed E-state index contributed by atoms with van der Waals surface area (Å²) in [6.45, 7) is -5.30. The zero-order valence-electron chi connectivity index (χ0n) is 69.8. The van der Waals surface area contributed by atoms with E-state index in [4.69, 9.17) is 90.0 Å². The van der Waals surface area contributed by atoms with Gasteiger partial charge in [-0.2, -0.15) is 0 Å².